The third kappa shape index (κ3) is 7.63. The lowest BCUT2D eigenvalue weighted by Gasteiger charge is -2.06. The van der Waals surface area contributed by atoms with Gasteiger partial charge >= 0.3 is 5.97 Å². The number of anilines is 1. The standard InChI is InChI=1S/C13H16N2O6/c1-10(16)14-11-2-4-12(5-3-11)21-13(17)6-7-19-8-9-20-15-18/h2-5H,6-9H2,1H3,(H,14,16). The molecule has 0 aliphatic heterocycles. The zero-order chi connectivity index (χ0) is 15.5. The van der Waals surface area contributed by atoms with E-state index in [4.69, 9.17) is 9.47 Å². The van der Waals surface area contributed by atoms with Crippen LogP contribution >= 0.6 is 0 Å². The molecule has 1 rings (SSSR count). The Labute approximate surface area is 121 Å². The lowest BCUT2D eigenvalue weighted by Crippen LogP contribution is -2.12. The Balaban J connectivity index is 2.24. The minimum absolute atomic E-state index is 0.0448. The number of carbonyl (C=O) groups is 2. The highest BCUT2D eigenvalue weighted by atomic mass is 16.7. The average molecular weight is 296 g/mol. The van der Waals surface area contributed by atoms with Gasteiger partial charge in [-0.1, -0.05) is 0 Å². The molecular formula is C13H16N2O6. The summed E-state index contributed by atoms with van der Waals surface area (Å²) in [4.78, 5) is 36.1. The van der Waals surface area contributed by atoms with E-state index in [9.17, 15) is 14.5 Å². The van der Waals surface area contributed by atoms with Gasteiger partial charge < -0.3 is 19.6 Å². The number of hydrogen-bond acceptors (Lipinski definition) is 7. The summed E-state index contributed by atoms with van der Waals surface area (Å²) in [6.07, 6.45) is 0.0714. The molecule has 0 saturated carbocycles. The van der Waals surface area contributed by atoms with Gasteiger partial charge in [0.2, 0.25) is 5.91 Å². The highest BCUT2D eigenvalue weighted by molar-refractivity contribution is 5.88. The van der Waals surface area contributed by atoms with Crippen molar-refractivity contribution in [3.63, 3.8) is 0 Å². The van der Waals surface area contributed by atoms with Gasteiger partial charge in [-0.15, -0.1) is 4.91 Å². The van der Waals surface area contributed by atoms with Crippen LogP contribution in [0.2, 0.25) is 0 Å². The topological polar surface area (TPSA) is 103 Å². The Morgan fingerprint density at radius 1 is 1.14 bits per heavy atom. The van der Waals surface area contributed by atoms with Gasteiger partial charge in [0.05, 0.1) is 19.6 Å². The van der Waals surface area contributed by atoms with Gasteiger partial charge in [-0.25, -0.2) is 0 Å². The van der Waals surface area contributed by atoms with Crippen LogP contribution < -0.4 is 10.1 Å². The second kappa shape index (κ2) is 9.43. The largest absolute Gasteiger partial charge is 0.426 e. The summed E-state index contributed by atoms with van der Waals surface area (Å²) in [6, 6.07) is 6.41. The molecule has 0 radical (unpaired) electrons. The van der Waals surface area contributed by atoms with Gasteiger partial charge in [-0.05, 0) is 24.3 Å². The SMILES string of the molecule is CC(=O)Nc1ccc(OC(=O)CCOCCON=O)cc1. The van der Waals surface area contributed by atoms with Crippen molar-refractivity contribution in [3.8, 4) is 5.75 Å². The zero-order valence-electron chi connectivity index (χ0n) is 11.5. The summed E-state index contributed by atoms with van der Waals surface area (Å²) in [7, 11) is 0. The number of rotatable bonds is 9. The van der Waals surface area contributed by atoms with Crippen molar-refractivity contribution in [2.75, 3.05) is 25.1 Å². The van der Waals surface area contributed by atoms with Crippen molar-refractivity contribution in [2.24, 2.45) is 5.34 Å². The van der Waals surface area contributed by atoms with Gasteiger partial charge in [0, 0.05) is 12.6 Å². The van der Waals surface area contributed by atoms with Crippen molar-refractivity contribution < 1.29 is 23.9 Å². The van der Waals surface area contributed by atoms with Crippen molar-refractivity contribution in [1.29, 1.82) is 0 Å². The summed E-state index contributed by atoms with van der Waals surface area (Å²) >= 11 is 0. The molecule has 8 heteroatoms. The van der Waals surface area contributed by atoms with E-state index in [2.05, 4.69) is 15.5 Å². The maximum absolute atomic E-state index is 11.5. The summed E-state index contributed by atoms with van der Waals surface area (Å²) in [5.74, 6) is -0.245. The number of hydrogen-bond donors (Lipinski definition) is 1. The van der Waals surface area contributed by atoms with Crippen molar-refractivity contribution in [2.45, 2.75) is 13.3 Å². The van der Waals surface area contributed by atoms with E-state index in [0.29, 0.717) is 11.4 Å². The molecule has 0 aliphatic carbocycles. The summed E-state index contributed by atoms with van der Waals surface area (Å²) < 4.78 is 10.1. The molecular weight excluding hydrogens is 280 g/mol. The minimum Gasteiger partial charge on any atom is -0.426 e. The molecule has 0 fully saturated rings. The monoisotopic (exact) mass is 296 g/mol. The average Bonchev–Trinajstić information content (AvgIpc) is 2.44. The van der Waals surface area contributed by atoms with E-state index in [0.717, 1.165) is 0 Å². The fourth-order valence-corrected chi connectivity index (χ4v) is 1.38. The maximum atomic E-state index is 11.5. The first-order valence-corrected chi connectivity index (χ1v) is 6.22. The van der Waals surface area contributed by atoms with E-state index >= 15 is 0 Å². The Hall–Kier alpha value is -2.48. The molecule has 0 unspecified atom stereocenters. The molecule has 21 heavy (non-hydrogen) atoms. The molecule has 0 heterocycles. The first-order valence-electron chi connectivity index (χ1n) is 6.22. The van der Waals surface area contributed by atoms with Crippen molar-refractivity contribution in [1.82, 2.24) is 0 Å². The van der Waals surface area contributed by atoms with Gasteiger partial charge in [-0.3, -0.25) is 9.59 Å². The van der Waals surface area contributed by atoms with Crippen molar-refractivity contribution >= 4 is 17.6 Å². The molecule has 8 nitrogen and oxygen atoms in total. The lowest BCUT2D eigenvalue weighted by molar-refractivity contribution is -0.135. The lowest BCUT2D eigenvalue weighted by atomic mass is 10.3. The Morgan fingerprint density at radius 3 is 2.48 bits per heavy atom. The summed E-state index contributed by atoms with van der Waals surface area (Å²) in [6.45, 7) is 1.78. The van der Waals surface area contributed by atoms with Crippen LogP contribution in [0.5, 0.6) is 5.75 Å². The van der Waals surface area contributed by atoms with E-state index in [1.54, 1.807) is 24.3 Å². The Bertz CT molecular complexity index is 474. The third-order valence-corrected chi connectivity index (χ3v) is 2.23. The second-order valence-corrected chi connectivity index (χ2v) is 3.95. The molecule has 0 bridgehead atoms. The van der Waals surface area contributed by atoms with Crippen LogP contribution in [0.4, 0.5) is 5.69 Å². The second-order valence-electron chi connectivity index (χ2n) is 3.95. The summed E-state index contributed by atoms with van der Waals surface area (Å²) in [5.41, 5.74) is 0.620. The van der Waals surface area contributed by atoms with Crippen LogP contribution in [0, 0.1) is 4.91 Å². The summed E-state index contributed by atoms with van der Waals surface area (Å²) in [5, 5.41) is 4.80. The molecule has 1 N–H and O–H groups in total. The number of carbonyl (C=O) groups excluding carboxylic acids is 2. The number of nitrogens with one attached hydrogen (secondary N) is 1. The van der Waals surface area contributed by atoms with Gasteiger partial charge in [-0.2, -0.15) is 0 Å². The normalized spacial score (nSPS) is 9.76. The molecule has 0 saturated heterocycles. The predicted octanol–water partition coefficient (Wildman–Crippen LogP) is 1.66. The molecule has 0 spiro atoms. The van der Waals surface area contributed by atoms with E-state index in [1.807, 2.05) is 0 Å². The van der Waals surface area contributed by atoms with Crippen LogP contribution in [0.3, 0.4) is 0 Å². The van der Waals surface area contributed by atoms with Crippen LogP contribution in [0.15, 0.2) is 29.6 Å². The molecule has 0 aliphatic rings. The van der Waals surface area contributed by atoms with Crippen LogP contribution in [0.25, 0.3) is 0 Å². The van der Waals surface area contributed by atoms with Gasteiger partial charge in [0.25, 0.3) is 0 Å². The first-order chi connectivity index (χ1) is 10.1. The number of benzene rings is 1. The molecule has 1 aromatic carbocycles. The highest BCUT2D eigenvalue weighted by Gasteiger charge is 2.05. The Kier molecular flexibility index (Phi) is 7.44. The molecule has 1 amide bonds. The van der Waals surface area contributed by atoms with Crippen LogP contribution in [0.1, 0.15) is 13.3 Å². The van der Waals surface area contributed by atoms with Gasteiger partial charge in [0.1, 0.15) is 12.4 Å². The molecule has 0 atom stereocenters. The van der Waals surface area contributed by atoms with E-state index < -0.39 is 5.97 Å². The highest BCUT2D eigenvalue weighted by Crippen LogP contribution is 2.16. The molecule has 114 valence electrons. The number of nitrogens with zero attached hydrogens (tertiary/aromatic N) is 1. The maximum Gasteiger partial charge on any atom is 0.313 e. The molecule has 0 aromatic heterocycles. The molecule has 1 aromatic rings. The number of ether oxygens (including phenoxy) is 2. The zero-order valence-corrected chi connectivity index (χ0v) is 11.5. The smallest absolute Gasteiger partial charge is 0.313 e. The van der Waals surface area contributed by atoms with Crippen LogP contribution in [-0.2, 0) is 19.2 Å². The first kappa shape index (κ1) is 16.6. The van der Waals surface area contributed by atoms with E-state index in [1.165, 1.54) is 6.92 Å². The fraction of sp³-hybridized carbons (Fsp3) is 0.385. The quantitative estimate of drug-likeness (QED) is 0.244. The predicted molar refractivity (Wildman–Crippen MR) is 73.6 cm³/mol. The van der Waals surface area contributed by atoms with E-state index in [-0.39, 0.29) is 32.1 Å². The van der Waals surface area contributed by atoms with Crippen molar-refractivity contribution in [3.05, 3.63) is 29.2 Å². The fourth-order valence-electron chi connectivity index (χ4n) is 1.38. The number of esters is 1. The third-order valence-electron chi connectivity index (χ3n) is 2.23. The number of amides is 1. The van der Waals surface area contributed by atoms with Crippen LogP contribution in [-0.4, -0.2) is 31.7 Å². The minimum atomic E-state index is -0.447. The Morgan fingerprint density at radius 2 is 1.86 bits per heavy atom. The van der Waals surface area contributed by atoms with Gasteiger partial charge in [0.15, 0.2) is 5.34 Å².